The molecular weight excluding hydrogens is 629 g/mol. The van der Waals surface area contributed by atoms with Crippen LogP contribution in [-0.4, -0.2) is 33.8 Å². The van der Waals surface area contributed by atoms with E-state index >= 15 is 0 Å². The Morgan fingerprint density at radius 1 is 0.391 bits per heavy atom. The van der Waals surface area contributed by atoms with Crippen LogP contribution in [0.1, 0.15) is 55.2 Å². The molecule has 0 aliphatic rings. The Hall–Kier alpha value is -2.37. The largest absolute Gasteiger partial charge is 0.505 e. The first-order valence-corrected chi connectivity index (χ1v) is 28.1. The first-order valence-electron chi connectivity index (χ1n) is 17.0. The van der Waals surface area contributed by atoms with Gasteiger partial charge in [-0.25, -0.2) is 0 Å². The number of rotatable bonds is 16. The maximum Gasteiger partial charge on any atom is 0.505 e. The lowest BCUT2D eigenvalue weighted by molar-refractivity contribution is 0.266. The van der Waals surface area contributed by atoms with Crippen LogP contribution in [-0.2, 0) is 12.3 Å². The van der Waals surface area contributed by atoms with E-state index in [2.05, 4.69) is 181 Å². The summed E-state index contributed by atoms with van der Waals surface area (Å²) >= 11 is 0. The fourth-order valence-electron chi connectivity index (χ4n) is 7.01. The molecule has 4 aromatic carbocycles. The predicted octanol–water partition coefficient (Wildman–Crippen LogP) is 10.9. The van der Waals surface area contributed by atoms with Crippen molar-refractivity contribution in [3.05, 3.63) is 138 Å². The molecular formula is C39H56O3Si4. The normalized spacial score (nSPS) is 15.9. The van der Waals surface area contributed by atoms with Crippen LogP contribution in [0.15, 0.2) is 121 Å². The van der Waals surface area contributed by atoms with Gasteiger partial charge in [-0.2, -0.15) is 0 Å². The van der Waals surface area contributed by atoms with E-state index in [1.165, 1.54) is 16.7 Å². The summed E-state index contributed by atoms with van der Waals surface area (Å²) < 4.78 is 23.0. The highest BCUT2D eigenvalue weighted by Crippen LogP contribution is 2.37. The fourth-order valence-corrected chi connectivity index (χ4v) is 25.5. The standard InChI is InChI=1S/C39H56O3Si4/c1-33(36-22-14-10-15-23-36)30-43(4,5)40-46(39-28-20-13-21-29-39,41-44(6,7)31-34(2)37-24-16-11-17-25-37)42-45(8,9)32-35(3)38-26-18-12-19-27-38/h10-29,33-35H,30-32H2,1-9H3. The molecule has 3 unspecified atom stereocenters. The number of hydrogen-bond donors (Lipinski definition) is 0. The van der Waals surface area contributed by atoms with Crippen LogP contribution >= 0.6 is 0 Å². The number of hydrogen-bond acceptors (Lipinski definition) is 3. The zero-order valence-corrected chi connectivity index (χ0v) is 33.6. The Bertz CT molecular complexity index is 1320. The van der Waals surface area contributed by atoms with Gasteiger partial charge in [0.15, 0.2) is 25.0 Å². The smallest absolute Gasteiger partial charge is 0.413 e. The van der Waals surface area contributed by atoms with Crippen LogP contribution in [0.5, 0.6) is 0 Å². The summed E-state index contributed by atoms with van der Waals surface area (Å²) in [6.45, 7) is 21.2. The summed E-state index contributed by atoms with van der Waals surface area (Å²) in [5, 5.41) is 1.10. The minimum Gasteiger partial charge on any atom is -0.413 e. The van der Waals surface area contributed by atoms with Crippen LogP contribution < -0.4 is 5.19 Å². The van der Waals surface area contributed by atoms with Crippen molar-refractivity contribution in [3.63, 3.8) is 0 Å². The van der Waals surface area contributed by atoms with Crippen molar-refractivity contribution in [3.8, 4) is 0 Å². The van der Waals surface area contributed by atoms with Gasteiger partial charge in [-0.3, -0.25) is 0 Å². The molecule has 0 fully saturated rings. The average Bonchev–Trinajstić information content (AvgIpc) is 3.01. The molecule has 0 amide bonds. The molecule has 0 N–H and O–H groups in total. The molecule has 3 atom stereocenters. The Labute approximate surface area is 284 Å². The fraction of sp³-hybridized carbons (Fsp3) is 0.385. The molecule has 246 valence electrons. The Morgan fingerprint density at radius 3 is 0.891 bits per heavy atom. The SMILES string of the molecule is CC(C[Si](C)(C)O[Si](O[Si](C)(C)CC(C)c1ccccc1)(O[Si](C)(C)CC(C)c1ccccc1)c1ccccc1)c1ccccc1. The maximum atomic E-state index is 7.65. The van der Waals surface area contributed by atoms with Crippen molar-refractivity contribution in [1.82, 2.24) is 0 Å². The van der Waals surface area contributed by atoms with Crippen LogP contribution in [0.25, 0.3) is 0 Å². The molecule has 4 aromatic rings. The van der Waals surface area contributed by atoms with Gasteiger partial charge in [-0.05, 0) is 91.9 Å². The summed E-state index contributed by atoms with van der Waals surface area (Å²) in [4.78, 5) is 0. The minimum atomic E-state index is -3.40. The third kappa shape index (κ3) is 10.6. The highest BCUT2D eigenvalue weighted by Gasteiger charge is 2.54. The highest BCUT2D eigenvalue weighted by molar-refractivity contribution is 6.96. The molecule has 0 spiro atoms. The molecule has 4 rings (SSSR count). The Morgan fingerprint density at radius 2 is 0.630 bits per heavy atom. The summed E-state index contributed by atoms with van der Waals surface area (Å²) in [6, 6.07) is 46.3. The summed E-state index contributed by atoms with van der Waals surface area (Å²) in [5.74, 6) is 1.16. The molecule has 46 heavy (non-hydrogen) atoms. The van der Waals surface area contributed by atoms with E-state index in [9.17, 15) is 0 Å². The van der Waals surface area contributed by atoms with Crippen molar-refractivity contribution in [1.29, 1.82) is 0 Å². The Balaban J connectivity index is 1.73. The van der Waals surface area contributed by atoms with Gasteiger partial charge in [0.1, 0.15) is 0 Å². The van der Waals surface area contributed by atoms with Gasteiger partial charge in [-0.15, -0.1) is 0 Å². The molecule has 0 aliphatic heterocycles. The third-order valence-corrected chi connectivity index (χ3v) is 24.5. The summed E-state index contributed by atoms with van der Waals surface area (Å²) in [7, 11) is -10.4. The number of benzene rings is 4. The van der Waals surface area contributed by atoms with Gasteiger partial charge in [0.05, 0.1) is 0 Å². The lowest BCUT2D eigenvalue weighted by Gasteiger charge is -2.46. The second kappa shape index (κ2) is 15.7. The van der Waals surface area contributed by atoms with E-state index in [0.717, 1.165) is 23.3 Å². The van der Waals surface area contributed by atoms with Crippen molar-refractivity contribution < 1.29 is 12.3 Å². The molecule has 0 bridgehead atoms. The van der Waals surface area contributed by atoms with Gasteiger partial charge in [0.25, 0.3) is 0 Å². The monoisotopic (exact) mass is 684 g/mol. The zero-order valence-electron chi connectivity index (χ0n) is 29.6. The Kier molecular flexibility index (Phi) is 12.4. The summed E-state index contributed by atoms with van der Waals surface area (Å²) in [5.41, 5.74) is 4.08. The van der Waals surface area contributed by atoms with Gasteiger partial charge < -0.3 is 12.3 Å². The topological polar surface area (TPSA) is 27.7 Å². The maximum absolute atomic E-state index is 7.65. The third-order valence-electron chi connectivity index (χ3n) is 8.86. The molecule has 7 heteroatoms. The lowest BCUT2D eigenvalue weighted by Crippen LogP contribution is -2.68. The van der Waals surface area contributed by atoms with Crippen LogP contribution in [0, 0.1) is 0 Å². The molecule has 0 heterocycles. The molecule has 3 nitrogen and oxygen atoms in total. The molecule has 0 aliphatic carbocycles. The predicted molar refractivity (Wildman–Crippen MR) is 207 cm³/mol. The summed E-state index contributed by atoms with van der Waals surface area (Å²) in [6.07, 6.45) is 0. The first-order chi connectivity index (χ1) is 21.7. The van der Waals surface area contributed by atoms with E-state index in [1.807, 2.05) is 0 Å². The quantitative estimate of drug-likeness (QED) is 0.110. The van der Waals surface area contributed by atoms with E-state index < -0.39 is 33.8 Å². The van der Waals surface area contributed by atoms with E-state index in [4.69, 9.17) is 12.3 Å². The van der Waals surface area contributed by atoms with Crippen LogP contribution in [0.2, 0.25) is 57.4 Å². The molecule has 0 saturated heterocycles. The van der Waals surface area contributed by atoms with Crippen molar-refractivity contribution in [2.24, 2.45) is 0 Å². The van der Waals surface area contributed by atoms with E-state index in [1.54, 1.807) is 0 Å². The molecule has 0 radical (unpaired) electrons. The zero-order chi connectivity index (χ0) is 33.4. The van der Waals surface area contributed by atoms with Crippen LogP contribution in [0.4, 0.5) is 0 Å². The van der Waals surface area contributed by atoms with Gasteiger partial charge in [0, 0.05) is 5.19 Å². The van der Waals surface area contributed by atoms with Crippen molar-refractivity contribution in [2.75, 3.05) is 0 Å². The molecule has 0 aromatic heterocycles. The van der Waals surface area contributed by atoms with Crippen LogP contribution in [0.3, 0.4) is 0 Å². The van der Waals surface area contributed by atoms with E-state index in [0.29, 0.717) is 17.8 Å². The average molecular weight is 685 g/mol. The minimum absolute atomic E-state index is 0.386. The van der Waals surface area contributed by atoms with Gasteiger partial charge in [0.2, 0.25) is 0 Å². The second-order valence-electron chi connectivity index (χ2n) is 15.1. The van der Waals surface area contributed by atoms with E-state index in [-0.39, 0.29) is 0 Å². The second-order valence-corrected chi connectivity index (χ2v) is 31.0. The lowest BCUT2D eigenvalue weighted by atomic mass is 10.0. The highest BCUT2D eigenvalue weighted by atomic mass is 28.5. The van der Waals surface area contributed by atoms with Crippen molar-refractivity contribution in [2.45, 2.75) is 95.9 Å². The van der Waals surface area contributed by atoms with Gasteiger partial charge >= 0.3 is 8.80 Å². The first kappa shape index (κ1) is 36.5. The molecule has 0 saturated carbocycles. The van der Waals surface area contributed by atoms with Gasteiger partial charge in [-0.1, -0.05) is 142 Å². The van der Waals surface area contributed by atoms with Crippen molar-refractivity contribution >= 4 is 38.9 Å².